The SMILES string of the molecule is CCC(N)c1ccc(N2CC=CCC2)cc1. The van der Waals surface area contributed by atoms with Crippen LogP contribution in [0.4, 0.5) is 5.69 Å². The molecule has 2 N–H and O–H groups in total. The second-order valence-corrected chi connectivity index (χ2v) is 4.31. The van der Waals surface area contributed by atoms with Gasteiger partial charge in [0.25, 0.3) is 0 Å². The van der Waals surface area contributed by atoms with Gasteiger partial charge < -0.3 is 10.6 Å². The standard InChI is InChI=1S/C14H20N2/c1-2-14(15)12-6-8-13(9-7-12)16-10-4-3-5-11-16/h3-4,6-9,14H,2,5,10-11,15H2,1H3. The molecule has 2 nitrogen and oxygen atoms in total. The van der Waals surface area contributed by atoms with Crippen molar-refractivity contribution in [2.45, 2.75) is 25.8 Å². The number of nitrogens with zero attached hydrogens (tertiary/aromatic N) is 1. The number of anilines is 1. The number of nitrogens with two attached hydrogens (primary N) is 1. The molecule has 2 rings (SSSR count). The second kappa shape index (κ2) is 5.17. The van der Waals surface area contributed by atoms with Crippen LogP contribution in [0.15, 0.2) is 36.4 Å². The first-order valence-electron chi connectivity index (χ1n) is 6.06. The third-order valence-electron chi connectivity index (χ3n) is 3.18. The normalized spacial score (nSPS) is 17.5. The lowest BCUT2D eigenvalue weighted by molar-refractivity contribution is 0.698. The largest absolute Gasteiger partial charge is 0.368 e. The van der Waals surface area contributed by atoms with E-state index in [1.54, 1.807) is 0 Å². The Balaban J connectivity index is 2.09. The summed E-state index contributed by atoms with van der Waals surface area (Å²) in [5.74, 6) is 0. The molecule has 1 aliphatic heterocycles. The van der Waals surface area contributed by atoms with Crippen molar-refractivity contribution < 1.29 is 0 Å². The molecule has 1 atom stereocenters. The molecule has 0 fully saturated rings. The van der Waals surface area contributed by atoms with Crippen molar-refractivity contribution in [3.05, 3.63) is 42.0 Å². The Morgan fingerprint density at radius 1 is 1.25 bits per heavy atom. The number of hydrogen-bond donors (Lipinski definition) is 1. The first-order chi connectivity index (χ1) is 7.81. The molecule has 1 aromatic rings. The summed E-state index contributed by atoms with van der Waals surface area (Å²) in [6, 6.07) is 8.85. The van der Waals surface area contributed by atoms with Crippen molar-refractivity contribution in [2.75, 3.05) is 18.0 Å². The topological polar surface area (TPSA) is 29.3 Å². The molecule has 1 unspecified atom stereocenters. The Kier molecular flexibility index (Phi) is 3.62. The van der Waals surface area contributed by atoms with Gasteiger partial charge in [-0.3, -0.25) is 0 Å². The van der Waals surface area contributed by atoms with Gasteiger partial charge in [0, 0.05) is 24.8 Å². The summed E-state index contributed by atoms with van der Waals surface area (Å²) in [5.41, 5.74) is 8.54. The molecule has 1 aromatic carbocycles. The van der Waals surface area contributed by atoms with E-state index in [-0.39, 0.29) is 6.04 Å². The average Bonchev–Trinajstić information content (AvgIpc) is 2.39. The smallest absolute Gasteiger partial charge is 0.0369 e. The molecule has 86 valence electrons. The summed E-state index contributed by atoms with van der Waals surface area (Å²) in [7, 11) is 0. The number of rotatable bonds is 3. The zero-order valence-electron chi connectivity index (χ0n) is 9.89. The summed E-state index contributed by atoms with van der Waals surface area (Å²) < 4.78 is 0. The van der Waals surface area contributed by atoms with Crippen molar-refractivity contribution in [3.8, 4) is 0 Å². The molecular formula is C14H20N2. The third-order valence-corrected chi connectivity index (χ3v) is 3.18. The zero-order valence-corrected chi connectivity index (χ0v) is 9.89. The molecular weight excluding hydrogens is 196 g/mol. The molecule has 0 radical (unpaired) electrons. The van der Waals surface area contributed by atoms with Crippen LogP contribution in [-0.4, -0.2) is 13.1 Å². The predicted molar refractivity (Wildman–Crippen MR) is 69.6 cm³/mol. The lowest BCUT2D eigenvalue weighted by atomic mass is 10.0. The van der Waals surface area contributed by atoms with E-state index in [1.165, 1.54) is 11.3 Å². The van der Waals surface area contributed by atoms with E-state index in [1.807, 2.05) is 0 Å². The molecule has 0 amide bonds. The molecule has 0 aromatic heterocycles. The van der Waals surface area contributed by atoms with Crippen LogP contribution in [0.5, 0.6) is 0 Å². The van der Waals surface area contributed by atoms with Crippen molar-refractivity contribution in [3.63, 3.8) is 0 Å². The van der Waals surface area contributed by atoms with Crippen molar-refractivity contribution in [1.29, 1.82) is 0 Å². The summed E-state index contributed by atoms with van der Waals surface area (Å²) in [5, 5.41) is 0. The third kappa shape index (κ3) is 2.45. The maximum Gasteiger partial charge on any atom is 0.0369 e. The molecule has 0 spiro atoms. The first-order valence-corrected chi connectivity index (χ1v) is 6.06. The quantitative estimate of drug-likeness (QED) is 0.787. The van der Waals surface area contributed by atoms with E-state index < -0.39 is 0 Å². The van der Waals surface area contributed by atoms with Gasteiger partial charge in [-0.1, -0.05) is 31.2 Å². The van der Waals surface area contributed by atoms with Crippen LogP contribution in [0.25, 0.3) is 0 Å². The Morgan fingerprint density at radius 3 is 2.56 bits per heavy atom. The fourth-order valence-corrected chi connectivity index (χ4v) is 2.04. The predicted octanol–water partition coefficient (Wildman–Crippen LogP) is 2.86. The Hall–Kier alpha value is -1.28. The van der Waals surface area contributed by atoms with E-state index >= 15 is 0 Å². The van der Waals surface area contributed by atoms with Crippen LogP contribution in [-0.2, 0) is 0 Å². The lowest BCUT2D eigenvalue weighted by Crippen LogP contribution is -2.26. The van der Waals surface area contributed by atoms with E-state index in [0.29, 0.717) is 0 Å². The molecule has 1 aliphatic rings. The molecule has 0 bridgehead atoms. The van der Waals surface area contributed by atoms with Gasteiger partial charge in [0.05, 0.1) is 0 Å². The maximum absolute atomic E-state index is 6.00. The fraction of sp³-hybridized carbons (Fsp3) is 0.429. The van der Waals surface area contributed by atoms with Crippen molar-refractivity contribution in [2.24, 2.45) is 5.73 Å². The number of hydrogen-bond acceptors (Lipinski definition) is 2. The molecule has 0 saturated carbocycles. The van der Waals surface area contributed by atoms with Crippen LogP contribution in [0.1, 0.15) is 31.4 Å². The summed E-state index contributed by atoms with van der Waals surface area (Å²) in [4.78, 5) is 2.39. The van der Waals surface area contributed by atoms with Gasteiger partial charge in [-0.15, -0.1) is 0 Å². The highest BCUT2D eigenvalue weighted by atomic mass is 15.1. The molecule has 0 aliphatic carbocycles. The van der Waals surface area contributed by atoms with Crippen LogP contribution in [0, 0.1) is 0 Å². The number of benzene rings is 1. The maximum atomic E-state index is 6.00. The zero-order chi connectivity index (χ0) is 11.4. The Bertz CT molecular complexity index is 354. The van der Waals surface area contributed by atoms with Gasteiger partial charge in [-0.2, -0.15) is 0 Å². The van der Waals surface area contributed by atoms with Gasteiger partial charge in [-0.05, 0) is 30.5 Å². The summed E-state index contributed by atoms with van der Waals surface area (Å²) in [6.45, 7) is 4.27. The minimum absolute atomic E-state index is 0.176. The molecule has 16 heavy (non-hydrogen) atoms. The van der Waals surface area contributed by atoms with Crippen molar-refractivity contribution in [1.82, 2.24) is 0 Å². The lowest BCUT2D eigenvalue weighted by Gasteiger charge is -2.26. The van der Waals surface area contributed by atoms with Crippen LogP contribution in [0.3, 0.4) is 0 Å². The van der Waals surface area contributed by atoms with Gasteiger partial charge in [-0.25, -0.2) is 0 Å². The molecule has 1 heterocycles. The van der Waals surface area contributed by atoms with Crippen LogP contribution < -0.4 is 10.6 Å². The average molecular weight is 216 g/mol. The Morgan fingerprint density at radius 2 is 2.00 bits per heavy atom. The molecule has 2 heteroatoms. The highest BCUT2D eigenvalue weighted by Gasteiger charge is 2.08. The van der Waals surface area contributed by atoms with E-state index in [0.717, 1.165) is 25.9 Å². The van der Waals surface area contributed by atoms with Gasteiger partial charge in [0.1, 0.15) is 0 Å². The minimum Gasteiger partial charge on any atom is -0.368 e. The van der Waals surface area contributed by atoms with E-state index in [2.05, 4.69) is 48.2 Å². The fourth-order valence-electron chi connectivity index (χ4n) is 2.04. The van der Waals surface area contributed by atoms with E-state index in [9.17, 15) is 0 Å². The second-order valence-electron chi connectivity index (χ2n) is 4.31. The first kappa shape index (κ1) is 11.2. The summed E-state index contributed by atoms with van der Waals surface area (Å²) >= 11 is 0. The molecule has 0 saturated heterocycles. The van der Waals surface area contributed by atoms with Gasteiger partial charge >= 0.3 is 0 Å². The van der Waals surface area contributed by atoms with Crippen molar-refractivity contribution >= 4 is 5.69 Å². The highest BCUT2D eigenvalue weighted by molar-refractivity contribution is 5.49. The highest BCUT2D eigenvalue weighted by Crippen LogP contribution is 2.21. The van der Waals surface area contributed by atoms with Gasteiger partial charge in [0.15, 0.2) is 0 Å². The summed E-state index contributed by atoms with van der Waals surface area (Å²) in [6.07, 6.45) is 6.62. The Labute approximate surface area is 97.8 Å². The van der Waals surface area contributed by atoms with Gasteiger partial charge in [0.2, 0.25) is 0 Å². The van der Waals surface area contributed by atoms with Crippen LogP contribution >= 0.6 is 0 Å². The van der Waals surface area contributed by atoms with Crippen LogP contribution in [0.2, 0.25) is 0 Å². The monoisotopic (exact) mass is 216 g/mol. The van der Waals surface area contributed by atoms with E-state index in [4.69, 9.17) is 5.73 Å². The minimum atomic E-state index is 0.176.